The molecule has 0 aliphatic heterocycles. The van der Waals surface area contributed by atoms with E-state index in [1.165, 1.54) is 29.9 Å². The van der Waals surface area contributed by atoms with Gasteiger partial charge in [0.25, 0.3) is 17.9 Å². The highest BCUT2D eigenvalue weighted by atomic mass is 35.5. The molecule has 20 heteroatoms. The van der Waals surface area contributed by atoms with E-state index in [-0.39, 0.29) is 61.7 Å². The van der Waals surface area contributed by atoms with Gasteiger partial charge in [-0.1, -0.05) is 17.7 Å². The van der Waals surface area contributed by atoms with Crippen molar-refractivity contribution in [3.63, 3.8) is 0 Å². The van der Waals surface area contributed by atoms with Crippen LogP contribution in [-0.2, 0) is 40.8 Å². The van der Waals surface area contributed by atoms with Gasteiger partial charge in [-0.3, -0.25) is 28.2 Å². The number of nitrogens with zero attached hydrogens (tertiary/aromatic N) is 6. The minimum absolute atomic E-state index is 0.00838. The first-order valence-electron chi connectivity index (χ1n) is 17.0. The lowest BCUT2D eigenvalue weighted by Crippen LogP contribution is -2.38. The van der Waals surface area contributed by atoms with Gasteiger partial charge in [0.2, 0.25) is 15.9 Å². The molecule has 3 atom stereocenters. The van der Waals surface area contributed by atoms with Gasteiger partial charge < -0.3 is 5.32 Å². The maximum atomic E-state index is 15.4. The first-order valence-corrected chi connectivity index (χ1v) is 19.3. The van der Waals surface area contributed by atoms with E-state index in [0.29, 0.717) is 16.3 Å². The summed E-state index contributed by atoms with van der Waals surface area (Å²) in [6.07, 6.45) is -2.70. The average molecular weight is 819 g/mol. The fourth-order valence-electron chi connectivity index (χ4n) is 7.69. The van der Waals surface area contributed by atoms with Crippen LogP contribution in [0.15, 0.2) is 53.3 Å². The molecule has 1 amide bonds. The van der Waals surface area contributed by atoms with Gasteiger partial charge in [-0.15, -0.1) is 0 Å². The SMILES string of the molecule is Cc1ccc2c(=O)n(-c3ccc(Cl)c4c(NS(C)(=O)=O)nn(C)c34)c([C@H](Cc3cc(F)cc(F)c3)NC(=O)Cn3nc(C(F)F)c4c3C(F)(F)[C@@H]3C[C@H]43)nc2c1. The lowest BCUT2D eigenvalue weighted by Gasteiger charge is -2.24. The maximum absolute atomic E-state index is 15.4. The normalized spacial score (nSPS) is 17.7. The molecule has 8 rings (SSSR count). The number of amides is 1. The van der Waals surface area contributed by atoms with E-state index in [0.717, 1.165) is 23.0 Å². The molecule has 0 saturated heterocycles. The fourth-order valence-corrected chi connectivity index (χ4v) is 8.43. The Labute approximate surface area is 318 Å². The van der Waals surface area contributed by atoms with Gasteiger partial charge in [0, 0.05) is 31.0 Å². The van der Waals surface area contributed by atoms with Gasteiger partial charge in [0.05, 0.1) is 44.8 Å². The number of carbonyl (C=O) groups is 1. The van der Waals surface area contributed by atoms with E-state index in [9.17, 15) is 35.6 Å². The summed E-state index contributed by atoms with van der Waals surface area (Å²) < 4.78 is 118. The van der Waals surface area contributed by atoms with Crippen molar-refractivity contribution < 1.29 is 39.6 Å². The molecule has 3 aromatic carbocycles. The van der Waals surface area contributed by atoms with Crippen LogP contribution in [0.2, 0.25) is 5.02 Å². The highest BCUT2D eigenvalue weighted by Gasteiger charge is 2.67. The zero-order valence-electron chi connectivity index (χ0n) is 29.4. The molecule has 1 fully saturated rings. The third-order valence-electron chi connectivity index (χ3n) is 9.96. The predicted octanol–water partition coefficient (Wildman–Crippen LogP) is 6.33. The Morgan fingerprint density at radius 3 is 2.46 bits per heavy atom. The Bertz CT molecular complexity index is 2800. The van der Waals surface area contributed by atoms with Crippen LogP contribution < -0.4 is 15.6 Å². The quantitative estimate of drug-likeness (QED) is 0.154. The van der Waals surface area contributed by atoms with Gasteiger partial charge in [-0.25, -0.2) is 31.0 Å². The predicted molar refractivity (Wildman–Crippen MR) is 193 cm³/mol. The second kappa shape index (κ2) is 13.1. The van der Waals surface area contributed by atoms with Crippen molar-refractivity contribution in [2.24, 2.45) is 13.0 Å². The molecule has 0 radical (unpaired) electrons. The second-order valence-corrected chi connectivity index (χ2v) is 16.2. The summed E-state index contributed by atoms with van der Waals surface area (Å²) in [6, 6.07) is 8.73. The van der Waals surface area contributed by atoms with E-state index >= 15 is 8.78 Å². The smallest absolute Gasteiger partial charge is 0.293 e. The van der Waals surface area contributed by atoms with Crippen LogP contribution >= 0.6 is 11.6 Å². The number of hydrogen-bond donors (Lipinski definition) is 2. The number of rotatable bonds is 10. The minimum Gasteiger partial charge on any atom is -0.344 e. The molecule has 56 heavy (non-hydrogen) atoms. The second-order valence-electron chi connectivity index (χ2n) is 14.0. The van der Waals surface area contributed by atoms with E-state index in [4.69, 9.17) is 16.6 Å². The first-order chi connectivity index (χ1) is 26.3. The van der Waals surface area contributed by atoms with E-state index in [2.05, 4.69) is 20.2 Å². The molecule has 1 saturated carbocycles. The van der Waals surface area contributed by atoms with Crippen molar-refractivity contribution in [2.45, 2.75) is 50.6 Å². The number of aryl methyl sites for hydroxylation is 2. The molecule has 2 N–H and O–H groups in total. The van der Waals surface area contributed by atoms with Crippen LogP contribution in [0.25, 0.3) is 27.5 Å². The Balaban J connectivity index is 1.32. The van der Waals surface area contributed by atoms with Crippen molar-refractivity contribution >= 4 is 55.2 Å². The summed E-state index contributed by atoms with van der Waals surface area (Å²) in [7, 11) is -2.42. The molecule has 2 aliphatic rings. The molecule has 0 spiro atoms. The van der Waals surface area contributed by atoms with E-state index in [1.54, 1.807) is 19.1 Å². The van der Waals surface area contributed by atoms with Gasteiger partial charge >= 0.3 is 0 Å². The average Bonchev–Trinajstić information content (AvgIpc) is 3.63. The number of sulfonamides is 1. The van der Waals surface area contributed by atoms with Crippen LogP contribution in [0.5, 0.6) is 0 Å². The van der Waals surface area contributed by atoms with Crippen molar-refractivity contribution in [1.29, 1.82) is 0 Å². The molecule has 3 heterocycles. The molecule has 3 aromatic heterocycles. The topological polar surface area (TPSA) is 146 Å². The third-order valence-corrected chi connectivity index (χ3v) is 10.8. The summed E-state index contributed by atoms with van der Waals surface area (Å²) in [5.74, 6) is -8.85. The van der Waals surface area contributed by atoms with Crippen LogP contribution in [0, 0.1) is 24.5 Å². The number of halogens is 7. The number of nitrogens with one attached hydrogen (secondary N) is 2. The number of benzene rings is 3. The number of hydrogen-bond acceptors (Lipinski definition) is 7. The molecule has 0 bridgehead atoms. The maximum Gasteiger partial charge on any atom is 0.293 e. The summed E-state index contributed by atoms with van der Waals surface area (Å²) in [6.45, 7) is 0.786. The third kappa shape index (κ3) is 6.35. The zero-order valence-corrected chi connectivity index (χ0v) is 31.0. The highest BCUT2D eigenvalue weighted by Crippen LogP contribution is 2.68. The van der Waals surface area contributed by atoms with Crippen LogP contribution in [0.4, 0.5) is 32.2 Å². The molecule has 0 unspecified atom stereocenters. The first kappa shape index (κ1) is 37.5. The summed E-state index contributed by atoms with van der Waals surface area (Å²) in [5, 5.41) is 10.9. The molecule has 12 nitrogen and oxygen atoms in total. The molecular weight excluding hydrogens is 790 g/mol. The number of alkyl halides is 4. The van der Waals surface area contributed by atoms with Crippen LogP contribution in [0.3, 0.4) is 0 Å². The van der Waals surface area contributed by atoms with Crippen molar-refractivity contribution in [3.05, 3.63) is 109 Å². The van der Waals surface area contributed by atoms with E-state index < -0.39 is 87.7 Å². The zero-order chi connectivity index (χ0) is 40.2. The van der Waals surface area contributed by atoms with Gasteiger partial charge in [-0.2, -0.15) is 19.0 Å². The number of anilines is 1. The Kier molecular flexibility index (Phi) is 8.75. The van der Waals surface area contributed by atoms with Crippen LogP contribution in [-0.4, -0.2) is 49.7 Å². The summed E-state index contributed by atoms with van der Waals surface area (Å²) in [4.78, 5) is 33.3. The standard InChI is InChI=1S/C36H29ClF6N8O4S/c1-15-4-5-19-23(8-15)45-34(51(35(19)53)25-7-6-22(37)28-30(25)49(2)47-33(28)48-56(3,54)55)24(11-16-9-17(38)12-18(39)10-16)44-26(52)14-50-31-27(29(46-50)32(40)41)20-13-21(20)36(31,42)43/h4-10,12,20-21,24,32H,11,13-14H2,1-3H3,(H,44,52)(H,47,48)/t20-,21+,24-/m0/s1. The van der Waals surface area contributed by atoms with Gasteiger partial charge in [-0.05, 0) is 66.8 Å². The largest absolute Gasteiger partial charge is 0.344 e. The lowest BCUT2D eigenvalue weighted by atomic mass is 10.0. The molecular formula is C36H29ClF6N8O4S. The summed E-state index contributed by atoms with van der Waals surface area (Å²) in [5.41, 5.74) is -1.55. The molecule has 6 aromatic rings. The fraction of sp³-hybridized carbons (Fsp3) is 0.306. The number of fused-ring (bicyclic) bond motifs is 5. The van der Waals surface area contributed by atoms with Crippen molar-refractivity contribution in [3.8, 4) is 5.69 Å². The van der Waals surface area contributed by atoms with Gasteiger partial charge in [0.15, 0.2) is 5.82 Å². The minimum atomic E-state index is -3.88. The number of carbonyl (C=O) groups excluding carboxylic acids is 1. The molecule has 2 aliphatic carbocycles. The monoisotopic (exact) mass is 818 g/mol. The Morgan fingerprint density at radius 2 is 1.79 bits per heavy atom. The highest BCUT2D eigenvalue weighted by molar-refractivity contribution is 7.92. The van der Waals surface area contributed by atoms with E-state index in [1.807, 2.05) is 0 Å². The van der Waals surface area contributed by atoms with Crippen molar-refractivity contribution in [2.75, 3.05) is 11.0 Å². The summed E-state index contributed by atoms with van der Waals surface area (Å²) >= 11 is 6.57. The van der Waals surface area contributed by atoms with Gasteiger partial charge in [0.1, 0.15) is 35.4 Å². The number of aromatic nitrogens is 6. The Hall–Kier alpha value is -5.43. The lowest BCUT2D eigenvalue weighted by molar-refractivity contribution is -0.123. The Morgan fingerprint density at radius 1 is 1.07 bits per heavy atom. The molecule has 292 valence electrons. The van der Waals surface area contributed by atoms with Crippen LogP contribution in [0.1, 0.15) is 58.7 Å². The van der Waals surface area contributed by atoms with Crippen molar-refractivity contribution in [1.82, 2.24) is 34.4 Å².